The molecule has 192 valence electrons. The summed E-state index contributed by atoms with van der Waals surface area (Å²) >= 11 is 0. The molecule has 1 N–H and O–H groups in total. The van der Waals surface area contributed by atoms with Gasteiger partial charge in [0.1, 0.15) is 11.4 Å². The van der Waals surface area contributed by atoms with Gasteiger partial charge in [0.05, 0.1) is 12.8 Å². The number of hydrogen-bond donors (Lipinski definition) is 1. The lowest BCUT2D eigenvalue weighted by Crippen LogP contribution is -2.39. The number of methoxy groups -OCH3 is 1. The van der Waals surface area contributed by atoms with Crippen molar-refractivity contribution in [3.8, 4) is 11.4 Å². The predicted molar refractivity (Wildman–Crippen MR) is 133 cm³/mol. The van der Waals surface area contributed by atoms with Crippen LogP contribution in [-0.2, 0) is 19.0 Å². The number of benzene rings is 2. The number of aryl methyl sites for hydroxylation is 1. The van der Waals surface area contributed by atoms with Crippen LogP contribution < -0.4 is 15.0 Å². The molecule has 0 aliphatic carbocycles. The number of aromatic nitrogens is 2. The molecule has 36 heavy (non-hydrogen) atoms. The molecule has 2 heterocycles. The van der Waals surface area contributed by atoms with Gasteiger partial charge < -0.3 is 15.0 Å². The summed E-state index contributed by atoms with van der Waals surface area (Å²) in [7, 11) is 3.46. The molecule has 4 rings (SSSR count). The summed E-state index contributed by atoms with van der Waals surface area (Å²) in [6.07, 6.45) is 0.976. The maximum Gasteiger partial charge on any atom is 0.435 e. The van der Waals surface area contributed by atoms with Crippen LogP contribution in [0, 0.1) is 0 Å². The Morgan fingerprint density at radius 3 is 2.28 bits per heavy atom. The number of carbonyl (C=O) groups excluding carboxylic acids is 1. The Morgan fingerprint density at radius 2 is 1.64 bits per heavy atom. The summed E-state index contributed by atoms with van der Waals surface area (Å²) in [6.45, 7) is 1.19. The van der Waals surface area contributed by atoms with Gasteiger partial charge in [-0.05, 0) is 81.2 Å². The molecule has 1 aromatic heterocycles. The van der Waals surface area contributed by atoms with Crippen LogP contribution >= 0.6 is 0 Å². The van der Waals surface area contributed by atoms with E-state index in [1.807, 2.05) is 31.3 Å². The fraction of sp³-hybridized carbons (Fsp3) is 0.407. The highest BCUT2D eigenvalue weighted by atomic mass is 19.4. The fourth-order valence-electron chi connectivity index (χ4n) is 4.57. The van der Waals surface area contributed by atoms with E-state index in [1.165, 1.54) is 24.0 Å². The van der Waals surface area contributed by atoms with Gasteiger partial charge >= 0.3 is 6.18 Å². The molecular weight excluding hydrogens is 469 g/mol. The van der Waals surface area contributed by atoms with Gasteiger partial charge in [0, 0.05) is 17.8 Å². The van der Waals surface area contributed by atoms with E-state index in [0.29, 0.717) is 17.1 Å². The van der Waals surface area contributed by atoms with Crippen molar-refractivity contribution >= 4 is 11.6 Å². The van der Waals surface area contributed by atoms with Crippen molar-refractivity contribution in [3.05, 3.63) is 71.0 Å². The molecule has 0 spiro atoms. The van der Waals surface area contributed by atoms with Crippen molar-refractivity contribution in [3.63, 3.8) is 0 Å². The number of halogens is 3. The number of hydrogen-bond acceptors (Lipinski definition) is 4. The summed E-state index contributed by atoms with van der Waals surface area (Å²) in [5.74, 6) is 0.0641. The van der Waals surface area contributed by atoms with Gasteiger partial charge in [0.25, 0.3) is 5.91 Å². The number of alkyl halides is 3. The number of amides is 1. The van der Waals surface area contributed by atoms with Gasteiger partial charge in [-0.3, -0.25) is 4.79 Å². The Bertz CT molecular complexity index is 1170. The monoisotopic (exact) mass is 500 g/mol. The van der Waals surface area contributed by atoms with Crippen molar-refractivity contribution in [1.82, 2.24) is 15.1 Å². The second kappa shape index (κ2) is 11.2. The Kier molecular flexibility index (Phi) is 7.98. The zero-order valence-corrected chi connectivity index (χ0v) is 20.6. The number of anilines is 1. The van der Waals surface area contributed by atoms with E-state index in [2.05, 4.69) is 10.4 Å². The smallest absolute Gasteiger partial charge is 0.435 e. The van der Waals surface area contributed by atoms with Crippen LogP contribution in [0.3, 0.4) is 0 Å². The average Bonchev–Trinajstić information content (AvgIpc) is 3.28. The van der Waals surface area contributed by atoms with Crippen molar-refractivity contribution in [2.45, 2.75) is 44.7 Å². The Labute approximate surface area is 209 Å². The number of unbranched alkanes of at least 4 members (excludes halogenated alkanes) is 3. The number of ether oxygens (including phenoxy) is 1. The summed E-state index contributed by atoms with van der Waals surface area (Å²) in [5.41, 5.74) is 1.09. The first-order valence-electron chi connectivity index (χ1n) is 12.2. The van der Waals surface area contributed by atoms with Crippen LogP contribution in [0.1, 0.15) is 53.0 Å². The summed E-state index contributed by atoms with van der Waals surface area (Å²) < 4.78 is 47.6. The predicted octanol–water partition coefficient (Wildman–Crippen LogP) is 5.42. The summed E-state index contributed by atoms with van der Waals surface area (Å²) in [5, 5.41) is 6.99. The molecule has 6 nitrogen and oxygen atoms in total. The number of nitrogens with one attached hydrogen (secondary N) is 1. The second-order valence-electron chi connectivity index (χ2n) is 8.92. The first kappa shape index (κ1) is 25.8. The standard InChI is InChI=1S/C27H31F3N4O2/c1-31-17-6-4-3-5-7-19-8-10-20(11-9-19)33-18-16-23-24(26(33)35)34(32-25(23)27(28,29)30)21-12-14-22(36-2)15-13-21/h8-15,31H,3-7,16-18H2,1-2H3. The number of rotatable bonds is 10. The maximum atomic E-state index is 13.8. The molecule has 9 heteroatoms. The molecule has 0 saturated carbocycles. The SMILES string of the molecule is CNCCCCCCc1ccc(N2CCc3c(C(F)(F)F)nn(-c4ccc(OC)cc4)c3C2=O)cc1. The molecule has 3 aromatic rings. The summed E-state index contributed by atoms with van der Waals surface area (Å²) in [6, 6.07) is 14.2. The van der Waals surface area contributed by atoms with Gasteiger partial charge in [-0.1, -0.05) is 25.0 Å². The van der Waals surface area contributed by atoms with Crippen molar-refractivity contribution in [1.29, 1.82) is 0 Å². The second-order valence-corrected chi connectivity index (χ2v) is 8.92. The number of fused-ring (bicyclic) bond motifs is 1. The lowest BCUT2D eigenvalue weighted by atomic mass is 10.0. The Balaban J connectivity index is 1.56. The zero-order valence-electron chi connectivity index (χ0n) is 20.6. The fourth-order valence-corrected chi connectivity index (χ4v) is 4.57. The maximum absolute atomic E-state index is 13.8. The molecule has 1 aliphatic rings. The minimum Gasteiger partial charge on any atom is -0.497 e. The van der Waals surface area contributed by atoms with Crippen LogP contribution in [-0.4, -0.2) is 42.9 Å². The lowest BCUT2D eigenvalue weighted by Gasteiger charge is -2.28. The van der Waals surface area contributed by atoms with Crippen molar-refractivity contribution < 1.29 is 22.7 Å². The molecule has 0 bridgehead atoms. The van der Waals surface area contributed by atoms with Gasteiger partial charge in [0.2, 0.25) is 0 Å². The van der Waals surface area contributed by atoms with Gasteiger partial charge in [0.15, 0.2) is 5.69 Å². The third-order valence-electron chi connectivity index (χ3n) is 6.49. The van der Waals surface area contributed by atoms with E-state index in [9.17, 15) is 18.0 Å². The Hall–Kier alpha value is -3.33. The van der Waals surface area contributed by atoms with Crippen LogP contribution in [0.15, 0.2) is 48.5 Å². The van der Waals surface area contributed by atoms with E-state index >= 15 is 0 Å². The first-order chi connectivity index (χ1) is 17.3. The highest BCUT2D eigenvalue weighted by molar-refractivity contribution is 6.07. The molecule has 0 unspecified atom stereocenters. The topological polar surface area (TPSA) is 59.4 Å². The van der Waals surface area contributed by atoms with E-state index in [1.54, 1.807) is 24.3 Å². The van der Waals surface area contributed by atoms with Gasteiger partial charge in [-0.25, -0.2) is 4.68 Å². The first-order valence-corrected chi connectivity index (χ1v) is 12.2. The highest BCUT2D eigenvalue weighted by Gasteiger charge is 2.43. The van der Waals surface area contributed by atoms with Crippen molar-refractivity contribution in [2.75, 3.05) is 32.1 Å². The average molecular weight is 501 g/mol. The molecule has 1 amide bonds. The van der Waals surface area contributed by atoms with Gasteiger partial charge in [-0.15, -0.1) is 0 Å². The molecule has 0 atom stereocenters. The van der Waals surface area contributed by atoms with E-state index in [-0.39, 0.29) is 24.2 Å². The largest absolute Gasteiger partial charge is 0.497 e. The van der Waals surface area contributed by atoms with E-state index < -0.39 is 17.8 Å². The molecule has 0 radical (unpaired) electrons. The molecule has 0 saturated heterocycles. The minimum absolute atomic E-state index is 0.0515. The molecule has 2 aromatic carbocycles. The van der Waals surface area contributed by atoms with Gasteiger partial charge in [-0.2, -0.15) is 18.3 Å². The normalized spacial score (nSPS) is 13.7. The number of carbonyl (C=O) groups is 1. The quantitative estimate of drug-likeness (QED) is 0.378. The minimum atomic E-state index is -4.65. The Morgan fingerprint density at radius 1 is 0.972 bits per heavy atom. The number of nitrogens with zero attached hydrogens (tertiary/aromatic N) is 3. The third kappa shape index (κ3) is 5.56. The molecular formula is C27H31F3N4O2. The van der Waals surface area contributed by atoms with E-state index in [4.69, 9.17) is 4.74 Å². The van der Waals surface area contributed by atoms with Crippen LogP contribution in [0.2, 0.25) is 0 Å². The molecule has 1 aliphatic heterocycles. The summed E-state index contributed by atoms with van der Waals surface area (Å²) in [4.78, 5) is 15.1. The van der Waals surface area contributed by atoms with Crippen molar-refractivity contribution in [2.24, 2.45) is 0 Å². The lowest BCUT2D eigenvalue weighted by molar-refractivity contribution is -0.141. The van der Waals surface area contributed by atoms with Crippen LogP contribution in [0.25, 0.3) is 5.69 Å². The molecule has 0 fully saturated rings. The highest BCUT2D eigenvalue weighted by Crippen LogP contribution is 2.37. The van der Waals surface area contributed by atoms with Crippen LogP contribution in [0.5, 0.6) is 5.75 Å². The zero-order chi connectivity index (χ0) is 25.7. The van der Waals surface area contributed by atoms with E-state index in [0.717, 1.165) is 36.9 Å². The third-order valence-corrected chi connectivity index (χ3v) is 6.49. The van der Waals surface area contributed by atoms with Crippen LogP contribution in [0.4, 0.5) is 18.9 Å².